The molecule has 2 heterocycles. The van der Waals surface area contributed by atoms with Crippen LogP contribution in [0.3, 0.4) is 0 Å². The van der Waals surface area contributed by atoms with Crippen molar-refractivity contribution < 1.29 is 5.11 Å². The molecular weight excluding hydrogens is 348 g/mol. The Labute approximate surface area is 168 Å². The van der Waals surface area contributed by atoms with Gasteiger partial charge in [0.1, 0.15) is 0 Å². The zero-order valence-electron chi connectivity index (χ0n) is 17.0. The summed E-state index contributed by atoms with van der Waals surface area (Å²) in [7, 11) is 4.39. The molecule has 0 amide bonds. The SMILES string of the molecule is CN(C)[C@]1(c2ccccc2)CC[C@]2(CC1)CN(CCc1ccccn1)C(O)N2. The molecule has 2 fully saturated rings. The smallest absolute Gasteiger partial charge is 0.163 e. The Morgan fingerprint density at radius 2 is 1.79 bits per heavy atom. The van der Waals surface area contributed by atoms with Crippen LogP contribution in [0.15, 0.2) is 54.7 Å². The molecule has 1 aliphatic heterocycles. The van der Waals surface area contributed by atoms with Crippen LogP contribution in [0, 0.1) is 0 Å². The first-order valence-corrected chi connectivity index (χ1v) is 10.4. The van der Waals surface area contributed by atoms with E-state index in [0.29, 0.717) is 0 Å². The first kappa shape index (κ1) is 19.5. The van der Waals surface area contributed by atoms with Gasteiger partial charge < -0.3 is 5.11 Å². The zero-order chi connectivity index (χ0) is 19.6. The molecule has 28 heavy (non-hydrogen) atoms. The number of nitrogens with zero attached hydrogens (tertiary/aromatic N) is 3. The zero-order valence-corrected chi connectivity index (χ0v) is 17.0. The summed E-state index contributed by atoms with van der Waals surface area (Å²) >= 11 is 0. The van der Waals surface area contributed by atoms with E-state index in [1.165, 1.54) is 5.56 Å². The Balaban J connectivity index is 1.42. The number of aromatic nitrogens is 1. The van der Waals surface area contributed by atoms with Crippen LogP contribution in [-0.4, -0.2) is 59.0 Å². The van der Waals surface area contributed by atoms with E-state index in [9.17, 15) is 5.11 Å². The Bertz CT molecular complexity index is 757. The summed E-state index contributed by atoms with van der Waals surface area (Å²) in [5.41, 5.74) is 2.58. The Hall–Kier alpha value is -1.79. The van der Waals surface area contributed by atoms with Gasteiger partial charge in [0, 0.05) is 42.5 Å². The summed E-state index contributed by atoms with van der Waals surface area (Å²) in [6, 6.07) is 16.9. The van der Waals surface area contributed by atoms with Crippen LogP contribution in [0.25, 0.3) is 0 Å². The molecule has 1 unspecified atom stereocenters. The fraction of sp³-hybridized carbons (Fsp3) is 0.522. The topological polar surface area (TPSA) is 51.6 Å². The largest absolute Gasteiger partial charge is 0.365 e. The molecule has 0 bridgehead atoms. The van der Waals surface area contributed by atoms with E-state index in [-0.39, 0.29) is 11.1 Å². The molecule has 1 aromatic carbocycles. The van der Waals surface area contributed by atoms with Gasteiger partial charge in [-0.25, -0.2) is 0 Å². The quantitative estimate of drug-likeness (QED) is 0.835. The van der Waals surface area contributed by atoms with Gasteiger partial charge in [0.2, 0.25) is 0 Å². The van der Waals surface area contributed by atoms with Crippen LogP contribution >= 0.6 is 0 Å². The molecule has 1 aromatic heterocycles. The Morgan fingerprint density at radius 1 is 1.07 bits per heavy atom. The molecule has 1 saturated heterocycles. The van der Waals surface area contributed by atoms with Crippen LogP contribution in [0.2, 0.25) is 0 Å². The van der Waals surface area contributed by atoms with Crippen molar-refractivity contribution in [2.75, 3.05) is 27.2 Å². The third kappa shape index (κ3) is 3.72. The van der Waals surface area contributed by atoms with E-state index < -0.39 is 6.35 Å². The van der Waals surface area contributed by atoms with Crippen molar-refractivity contribution in [3.63, 3.8) is 0 Å². The first-order valence-electron chi connectivity index (χ1n) is 10.4. The third-order valence-corrected chi connectivity index (χ3v) is 6.87. The molecule has 0 radical (unpaired) electrons. The summed E-state index contributed by atoms with van der Waals surface area (Å²) in [5, 5.41) is 14.2. The van der Waals surface area contributed by atoms with Crippen LogP contribution in [0.5, 0.6) is 0 Å². The second-order valence-corrected chi connectivity index (χ2v) is 8.63. The van der Waals surface area contributed by atoms with Gasteiger partial charge in [0.05, 0.1) is 0 Å². The lowest BCUT2D eigenvalue weighted by atomic mass is 9.69. The van der Waals surface area contributed by atoms with E-state index in [4.69, 9.17) is 0 Å². The van der Waals surface area contributed by atoms with Crippen LogP contribution < -0.4 is 5.32 Å². The summed E-state index contributed by atoms with van der Waals surface area (Å²) < 4.78 is 0. The summed E-state index contributed by atoms with van der Waals surface area (Å²) in [4.78, 5) is 8.96. The Morgan fingerprint density at radius 3 is 2.43 bits per heavy atom. The summed E-state index contributed by atoms with van der Waals surface area (Å²) in [6.07, 6.45) is 6.46. The van der Waals surface area contributed by atoms with Gasteiger partial charge in [-0.15, -0.1) is 0 Å². The number of hydrogen-bond donors (Lipinski definition) is 2. The van der Waals surface area contributed by atoms with Crippen molar-refractivity contribution in [1.29, 1.82) is 0 Å². The molecule has 150 valence electrons. The van der Waals surface area contributed by atoms with Crippen molar-refractivity contribution in [3.05, 3.63) is 66.0 Å². The second kappa shape index (κ2) is 7.91. The predicted molar refractivity (Wildman–Crippen MR) is 112 cm³/mol. The van der Waals surface area contributed by atoms with Crippen molar-refractivity contribution >= 4 is 0 Å². The fourth-order valence-electron chi connectivity index (χ4n) is 5.08. The molecule has 1 spiro atoms. The lowest BCUT2D eigenvalue weighted by Crippen LogP contribution is -2.54. The maximum atomic E-state index is 10.6. The molecule has 2 N–H and O–H groups in total. The van der Waals surface area contributed by atoms with Crippen LogP contribution in [0.4, 0.5) is 0 Å². The van der Waals surface area contributed by atoms with Gasteiger partial charge >= 0.3 is 0 Å². The highest BCUT2D eigenvalue weighted by atomic mass is 16.3. The minimum Gasteiger partial charge on any atom is -0.365 e. The average Bonchev–Trinajstić information content (AvgIpc) is 3.03. The van der Waals surface area contributed by atoms with E-state index in [2.05, 4.69) is 70.6 Å². The van der Waals surface area contributed by atoms with Crippen molar-refractivity contribution in [1.82, 2.24) is 20.1 Å². The summed E-state index contributed by atoms with van der Waals surface area (Å²) in [6.45, 7) is 1.73. The number of rotatable bonds is 5. The summed E-state index contributed by atoms with van der Waals surface area (Å²) in [5.74, 6) is 0. The van der Waals surface area contributed by atoms with Gasteiger partial charge in [0.25, 0.3) is 0 Å². The third-order valence-electron chi connectivity index (χ3n) is 6.87. The monoisotopic (exact) mass is 380 g/mol. The number of pyridine rings is 1. The lowest BCUT2D eigenvalue weighted by molar-refractivity contribution is 0.0174. The van der Waals surface area contributed by atoms with Gasteiger partial charge in [0.15, 0.2) is 6.35 Å². The predicted octanol–water partition coefficient (Wildman–Crippen LogP) is 2.58. The molecule has 5 nitrogen and oxygen atoms in total. The normalized spacial score (nSPS) is 30.9. The second-order valence-electron chi connectivity index (χ2n) is 8.63. The molecule has 5 heteroatoms. The molecule has 4 rings (SSSR count). The molecule has 1 aliphatic carbocycles. The number of hydrogen-bond acceptors (Lipinski definition) is 5. The molecule has 2 aromatic rings. The van der Waals surface area contributed by atoms with Crippen LogP contribution in [0.1, 0.15) is 36.9 Å². The van der Waals surface area contributed by atoms with Crippen molar-refractivity contribution in [2.45, 2.75) is 49.5 Å². The number of benzene rings is 1. The van der Waals surface area contributed by atoms with E-state index in [1.54, 1.807) is 0 Å². The maximum Gasteiger partial charge on any atom is 0.163 e. The number of aliphatic hydroxyl groups is 1. The van der Waals surface area contributed by atoms with Gasteiger partial charge in [-0.3, -0.25) is 20.1 Å². The van der Waals surface area contributed by atoms with Gasteiger partial charge in [-0.1, -0.05) is 36.4 Å². The van der Waals surface area contributed by atoms with Crippen LogP contribution in [-0.2, 0) is 12.0 Å². The molecular formula is C23H32N4O. The van der Waals surface area contributed by atoms with E-state index in [1.807, 2.05) is 18.3 Å². The van der Waals surface area contributed by atoms with E-state index in [0.717, 1.165) is 50.9 Å². The minimum atomic E-state index is -0.563. The average molecular weight is 381 g/mol. The highest BCUT2D eigenvalue weighted by Crippen LogP contribution is 2.46. The number of nitrogens with one attached hydrogen (secondary N) is 1. The molecule has 1 atom stereocenters. The highest BCUT2D eigenvalue weighted by Gasteiger charge is 2.49. The number of aliphatic hydroxyl groups excluding tert-OH is 1. The highest BCUT2D eigenvalue weighted by molar-refractivity contribution is 5.26. The molecule has 2 aliphatic rings. The first-order chi connectivity index (χ1) is 13.5. The molecule has 1 saturated carbocycles. The lowest BCUT2D eigenvalue weighted by Gasteiger charge is -2.49. The fourth-order valence-corrected chi connectivity index (χ4v) is 5.08. The van der Waals surface area contributed by atoms with Gasteiger partial charge in [-0.05, 0) is 57.5 Å². The minimum absolute atomic E-state index is 0.0117. The maximum absolute atomic E-state index is 10.6. The standard InChI is InChI=1S/C23H32N4O/c1-26(2)23(19-8-4-3-5-9-19)14-12-22(13-15-23)18-27(21(28)25-22)17-11-20-10-6-7-16-24-20/h3-10,16,21,25,28H,11-15,17-18H2,1-2H3/t21?,22-,23+. The Kier molecular flexibility index (Phi) is 5.52. The van der Waals surface area contributed by atoms with Gasteiger partial charge in [-0.2, -0.15) is 0 Å². The van der Waals surface area contributed by atoms with Crippen molar-refractivity contribution in [2.24, 2.45) is 0 Å². The van der Waals surface area contributed by atoms with E-state index >= 15 is 0 Å². The van der Waals surface area contributed by atoms with Crippen molar-refractivity contribution in [3.8, 4) is 0 Å².